The van der Waals surface area contributed by atoms with Crippen molar-refractivity contribution >= 4 is 17.1 Å². The summed E-state index contributed by atoms with van der Waals surface area (Å²) >= 11 is 0. The molecule has 1 aromatic carbocycles. The van der Waals surface area contributed by atoms with Gasteiger partial charge in [-0.15, -0.1) is 0 Å². The van der Waals surface area contributed by atoms with Crippen LogP contribution in [0, 0.1) is 20.2 Å². The van der Waals surface area contributed by atoms with Crippen LogP contribution in [0.5, 0.6) is 0 Å². The standard InChI is InChI=1S/C13H12N4O4/c1-9(10-3-2-6-14-8-10)15-12-5-4-11(16(18)19)7-13(12)17(20)21/h2-9,15H,1H3/t9-/m1/s1. The second-order valence-corrected chi connectivity index (χ2v) is 4.37. The van der Waals surface area contributed by atoms with E-state index in [1.807, 2.05) is 13.0 Å². The molecule has 2 aromatic rings. The Bertz CT molecular complexity index is 675. The van der Waals surface area contributed by atoms with Crippen molar-refractivity contribution in [2.24, 2.45) is 0 Å². The van der Waals surface area contributed by atoms with Crippen molar-refractivity contribution in [2.75, 3.05) is 5.32 Å². The first-order valence-corrected chi connectivity index (χ1v) is 6.08. The van der Waals surface area contributed by atoms with Crippen LogP contribution >= 0.6 is 0 Å². The van der Waals surface area contributed by atoms with Crippen molar-refractivity contribution in [2.45, 2.75) is 13.0 Å². The molecule has 0 amide bonds. The van der Waals surface area contributed by atoms with E-state index in [0.717, 1.165) is 11.6 Å². The lowest BCUT2D eigenvalue weighted by atomic mass is 10.1. The maximum Gasteiger partial charge on any atom is 0.299 e. The second-order valence-electron chi connectivity index (χ2n) is 4.37. The molecule has 0 bridgehead atoms. The van der Waals surface area contributed by atoms with Gasteiger partial charge in [0.2, 0.25) is 0 Å². The summed E-state index contributed by atoms with van der Waals surface area (Å²) in [5.74, 6) is 0. The minimum atomic E-state index is -0.665. The van der Waals surface area contributed by atoms with E-state index >= 15 is 0 Å². The largest absolute Gasteiger partial charge is 0.373 e. The van der Waals surface area contributed by atoms with Crippen molar-refractivity contribution in [1.82, 2.24) is 4.98 Å². The van der Waals surface area contributed by atoms with Crippen molar-refractivity contribution in [3.63, 3.8) is 0 Å². The summed E-state index contributed by atoms with van der Waals surface area (Å²) in [6, 6.07) is 6.88. The predicted molar refractivity (Wildman–Crippen MR) is 76.0 cm³/mol. The number of benzene rings is 1. The quantitative estimate of drug-likeness (QED) is 0.668. The topological polar surface area (TPSA) is 111 Å². The molecular formula is C13H12N4O4. The minimum absolute atomic E-state index is 0.223. The molecule has 0 fully saturated rings. The Morgan fingerprint density at radius 3 is 2.52 bits per heavy atom. The van der Waals surface area contributed by atoms with E-state index in [4.69, 9.17) is 0 Å². The Morgan fingerprint density at radius 1 is 1.19 bits per heavy atom. The first-order chi connectivity index (χ1) is 9.99. The Hall–Kier alpha value is -3.03. The number of nitro benzene ring substituents is 2. The molecule has 0 spiro atoms. The Morgan fingerprint density at radius 2 is 1.95 bits per heavy atom. The van der Waals surface area contributed by atoms with Gasteiger partial charge < -0.3 is 5.32 Å². The van der Waals surface area contributed by atoms with Crippen molar-refractivity contribution in [1.29, 1.82) is 0 Å². The van der Waals surface area contributed by atoms with Gasteiger partial charge in [0.05, 0.1) is 22.0 Å². The van der Waals surface area contributed by atoms with Crippen LogP contribution in [-0.2, 0) is 0 Å². The van der Waals surface area contributed by atoms with Crippen molar-refractivity contribution in [3.05, 3.63) is 68.5 Å². The van der Waals surface area contributed by atoms with Crippen LogP contribution in [0.3, 0.4) is 0 Å². The molecule has 1 atom stereocenters. The number of nitro groups is 2. The molecular weight excluding hydrogens is 276 g/mol. The van der Waals surface area contributed by atoms with Gasteiger partial charge in [0.1, 0.15) is 5.69 Å². The SMILES string of the molecule is C[C@@H](Nc1ccc([N+](=O)[O-])cc1[N+](=O)[O-])c1cccnc1. The zero-order valence-electron chi connectivity index (χ0n) is 11.1. The molecule has 1 N–H and O–H groups in total. The molecule has 0 aliphatic carbocycles. The molecule has 0 unspecified atom stereocenters. The average molecular weight is 288 g/mol. The van der Waals surface area contributed by atoms with E-state index in [9.17, 15) is 20.2 Å². The molecule has 2 rings (SSSR count). The molecule has 8 nitrogen and oxygen atoms in total. The van der Waals surface area contributed by atoms with Crippen LogP contribution in [0.1, 0.15) is 18.5 Å². The maximum atomic E-state index is 11.0. The monoisotopic (exact) mass is 288 g/mol. The summed E-state index contributed by atoms with van der Waals surface area (Å²) in [6.07, 6.45) is 3.28. The molecule has 0 aliphatic heterocycles. The molecule has 0 radical (unpaired) electrons. The van der Waals surface area contributed by atoms with Crippen molar-refractivity contribution < 1.29 is 9.85 Å². The summed E-state index contributed by atoms with van der Waals surface area (Å²) in [6.45, 7) is 1.82. The zero-order valence-corrected chi connectivity index (χ0v) is 11.1. The molecule has 0 saturated heterocycles. The number of nitrogens with one attached hydrogen (secondary N) is 1. The summed E-state index contributed by atoms with van der Waals surface area (Å²) < 4.78 is 0. The number of anilines is 1. The van der Waals surface area contributed by atoms with E-state index in [0.29, 0.717) is 0 Å². The van der Waals surface area contributed by atoms with Crippen LogP contribution in [0.15, 0.2) is 42.7 Å². The summed E-state index contributed by atoms with van der Waals surface area (Å²) in [5, 5.41) is 24.7. The van der Waals surface area contributed by atoms with Gasteiger partial charge in [0, 0.05) is 18.5 Å². The molecule has 21 heavy (non-hydrogen) atoms. The molecule has 8 heteroatoms. The van der Waals surface area contributed by atoms with Gasteiger partial charge in [0.15, 0.2) is 0 Å². The zero-order chi connectivity index (χ0) is 15.4. The van der Waals surface area contributed by atoms with Gasteiger partial charge in [-0.05, 0) is 24.6 Å². The lowest BCUT2D eigenvalue weighted by molar-refractivity contribution is -0.393. The number of hydrogen-bond acceptors (Lipinski definition) is 6. The summed E-state index contributed by atoms with van der Waals surface area (Å²) in [4.78, 5) is 24.4. The van der Waals surface area contributed by atoms with E-state index in [-0.39, 0.29) is 23.1 Å². The van der Waals surface area contributed by atoms with Crippen LogP contribution in [0.4, 0.5) is 17.1 Å². The van der Waals surface area contributed by atoms with Gasteiger partial charge in [-0.2, -0.15) is 0 Å². The van der Waals surface area contributed by atoms with E-state index in [1.165, 1.54) is 12.1 Å². The predicted octanol–water partition coefficient (Wildman–Crippen LogP) is 3.07. The fourth-order valence-corrected chi connectivity index (χ4v) is 1.86. The van der Waals surface area contributed by atoms with E-state index in [1.54, 1.807) is 18.5 Å². The normalized spacial score (nSPS) is 11.7. The number of nitrogens with zero attached hydrogens (tertiary/aromatic N) is 3. The molecule has 0 aliphatic rings. The Kier molecular flexibility index (Phi) is 4.07. The van der Waals surface area contributed by atoms with E-state index in [2.05, 4.69) is 10.3 Å². The smallest absolute Gasteiger partial charge is 0.299 e. The van der Waals surface area contributed by atoms with Crippen LogP contribution < -0.4 is 5.32 Å². The third-order valence-corrected chi connectivity index (χ3v) is 2.95. The molecule has 0 saturated carbocycles. The van der Waals surface area contributed by atoms with Crippen LogP contribution in [0.25, 0.3) is 0 Å². The highest BCUT2D eigenvalue weighted by Gasteiger charge is 2.20. The number of aromatic nitrogens is 1. The third-order valence-electron chi connectivity index (χ3n) is 2.95. The van der Waals surface area contributed by atoms with E-state index < -0.39 is 9.85 Å². The lowest BCUT2D eigenvalue weighted by Crippen LogP contribution is -2.08. The number of non-ortho nitro benzene ring substituents is 1. The minimum Gasteiger partial charge on any atom is -0.373 e. The molecule has 1 aromatic heterocycles. The van der Waals surface area contributed by atoms with Gasteiger partial charge in [0.25, 0.3) is 11.4 Å². The molecule has 1 heterocycles. The highest BCUT2D eigenvalue weighted by atomic mass is 16.6. The number of rotatable bonds is 5. The first-order valence-electron chi connectivity index (χ1n) is 6.08. The van der Waals surface area contributed by atoms with Gasteiger partial charge >= 0.3 is 0 Å². The van der Waals surface area contributed by atoms with Gasteiger partial charge in [-0.1, -0.05) is 6.07 Å². The summed E-state index contributed by atoms with van der Waals surface area (Å²) in [5.41, 5.74) is 0.424. The fraction of sp³-hybridized carbons (Fsp3) is 0.154. The highest BCUT2D eigenvalue weighted by molar-refractivity contribution is 5.65. The number of hydrogen-bond donors (Lipinski definition) is 1. The van der Waals surface area contributed by atoms with Crippen molar-refractivity contribution in [3.8, 4) is 0 Å². The van der Waals surface area contributed by atoms with Gasteiger partial charge in [-0.3, -0.25) is 25.2 Å². The maximum absolute atomic E-state index is 11.0. The second kappa shape index (κ2) is 5.95. The summed E-state index contributed by atoms with van der Waals surface area (Å²) in [7, 11) is 0. The fourth-order valence-electron chi connectivity index (χ4n) is 1.86. The Balaban J connectivity index is 2.31. The molecule has 108 valence electrons. The average Bonchev–Trinajstić information content (AvgIpc) is 2.48. The Labute approximate surface area is 119 Å². The van der Waals surface area contributed by atoms with Crippen LogP contribution in [0.2, 0.25) is 0 Å². The number of pyridine rings is 1. The highest BCUT2D eigenvalue weighted by Crippen LogP contribution is 2.31. The lowest BCUT2D eigenvalue weighted by Gasteiger charge is -2.15. The van der Waals surface area contributed by atoms with Crippen LogP contribution in [-0.4, -0.2) is 14.8 Å². The first kappa shape index (κ1) is 14.4. The van der Waals surface area contributed by atoms with Gasteiger partial charge in [-0.25, -0.2) is 0 Å². The third kappa shape index (κ3) is 3.30.